The van der Waals surface area contributed by atoms with Crippen LogP contribution in [-0.4, -0.2) is 46.7 Å². The van der Waals surface area contributed by atoms with Crippen molar-refractivity contribution in [3.8, 4) is 0 Å². The molecule has 0 heterocycles. The molecule has 0 unspecified atom stereocenters. The summed E-state index contributed by atoms with van der Waals surface area (Å²) in [5.41, 5.74) is 13.0. The summed E-state index contributed by atoms with van der Waals surface area (Å²) >= 11 is 0. The number of rotatable bonds is 10. The minimum absolute atomic E-state index is 0.200. The van der Waals surface area contributed by atoms with Gasteiger partial charge < -0.3 is 21.9 Å². The first-order valence-electron chi connectivity index (χ1n) is 10.1. The van der Waals surface area contributed by atoms with E-state index < -0.39 is 29.1 Å². The van der Waals surface area contributed by atoms with Gasteiger partial charge in [0.2, 0.25) is 5.91 Å². The van der Waals surface area contributed by atoms with Crippen LogP contribution in [-0.2, 0) is 9.59 Å². The molecule has 190 valence electrons. The van der Waals surface area contributed by atoms with E-state index in [1.54, 1.807) is 0 Å². The van der Waals surface area contributed by atoms with E-state index in [1.165, 1.54) is 0 Å². The summed E-state index contributed by atoms with van der Waals surface area (Å²) in [6, 6.07) is 18.8. The lowest BCUT2D eigenvalue weighted by Crippen LogP contribution is -2.44. The number of hydrogen-bond acceptors (Lipinski definition) is 5. The topological polar surface area (TPSA) is 186 Å². The number of guanidine groups is 1. The largest absolute Gasteiger partial charge is 0.490 e. The number of nitrogens with two attached hydrogens (primary N) is 2. The third-order valence-electron chi connectivity index (χ3n) is 4.38. The first-order valence-corrected chi connectivity index (χ1v) is 10.1. The molecule has 0 aliphatic rings. The Bertz CT molecular complexity index is 950. The number of nitro groups is 1. The number of hydrazone groups is 1. The quantitative estimate of drug-likeness (QED) is 0.108. The molecule has 0 spiro atoms. The van der Waals surface area contributed by atoms with Crippen LogP contribution in [0.3, 0.4) is 0 Å². The van der Waals surface area contributed by atoms with E-state index in [0.717, 1.165) is 11.1 Å². The predicted molar refractivity (Wildman–Crippen MR) is 120 cm³/mol. The Morgan fingerprint density at radius 1 is 1.03 bits per heavy atom. The van der Waals surface area contributed by atoms with Crippen molar-refractivity contribution in [2.45, 2.75) is 31.1 Å². The van der Waals surface area contributed by atoms with Crippen LogP contribution in [0.1, 0.15) is 30.0 Å². The van der Waals surface area contributed by atoms with Crippen LogP contribution in [0.4, 0.5) is 13.2 Å². The van der Waals surface area contributed by atoms with Crippen molar-refractivity contribution in [2.75, 3.05) is 6.54 Å². The van der Waals surface area contributed by atoms with Gasteiger partial charge in [-0.15, -0.1) is 0 Å². The molecule has 0 radical (unpaired) electrons. The maximum Gasteiger partial charge on any atom is 0.490 e. The van der Waals surface area contributed by atoms with Crippen molar-refractivity contribution < 1.29 is 32.9 Å². The van der Waals surface area contributed by atoms with Gasteiger partial charge in [0.05, 0.1) is 12.1 Å². The maximum absolute atomic E-state index is 12.0. The number of benzene rings is 2. The summed E-state index contributed by atoms with van der Waals surface area (Å²) in [7, 11) is 0. The molecule has 1 amide bonds. The number of carbonyl (C=O) groups excluding carboxylic acids is 1. The molecule has 0 bridgehead atoms. The summed E-state index contributed by atoms with van der Waals surface area (Å²) in [6.45, 7) is 0.329. The zero-order valence-electron chi connectivity index (χ0n) is 18.3. The third-order valence-corrected chi connectivity index (χ3v) is 4.38. The SMILES string of the molecule is NC(=O)[C@H](CCCNC(N)=N[N+](=O)[O-])NC(c1ccccc1)c1ccccc1.O=C(O)C(F)(F)F. The van der Waals surface area contributed by atoms with Gasteiger partial charge in [0.15, 0.2) is 5.03 Å². The Labute approximate surface area is 198 Å². The number of hydrogen-bond donors (Lipinski definition) is 5. The van der Waals surface area contributed by atoms with Crippen LogP contribution in [0.2, 0.25) is 0 Å². The van der Waals surface area contributed by atoms with Crippen LogP contribution >= 0.6 is 0 Å². The van der Waals surface area contributed by atoms with Gasteiger partial charge in [-0.3, -0.25) is 10.1 Å². The standard InChI is InChI=1S/C19H24N6O3.C2HF3O2/c20-18(26)16(12-7-13-22-19(21)24-25(27)28)23-17(14-8-3-1-4-9-14)15-10-5-2-6-11-15;3-2(4,5)1(6)7/h1-6,8-11,16-17,23H,7,12-13H2,(H2,20,26)(H3,21,22,24);(H,6,7)/t16-;/m0./s1. The molecule has 7 N–H and O–H groups in total. The molecule has 35 heavy (non-hydrogen) atoms. The number of primary amides is 1. The first kappa shape index (κ1) is 28.8. The molecule has 2 aromatic carbocycles. The molecular formula is C21H25F3N6O5. The minimum Gasteiger partial charge on any atom is -0.475 e. The molecule has 2 aromatic rings. The van der Waals surface area contributed by atoms with E-state index in [-0.39, 0.29) is 12.0 Å². The molecule has 0 aromatic heterocycles. The Kier molecular flexibility index (Phi) is 11.7. The van der Waals surface area contributed by atoms with Crippen LogP contribution in [0.25, 0.3) is 0 Å². The highest BCUT2D eigenvalue weighted by Gasteiger charge is 2.38. The fourth-order valence-corrected chi connectivity index (χ4v) is 2.83. The van der Waals surface area contributed by atoms with Gasteiger partial charge in [0.25, 0.3) is 5.96 Å². The van der Waals surface area contributed by atoms with Gasteiger partial charge in [-0.05, 0) is 24.0 Å². The number of nitrogens with zero attached hydrogens (tertiary/aromatic N) is 2. The van der Waals surface area contributed by atoms with Gasteiger partial charge in [0.1, 0.15) is 5.10 Å². The van der Waals surface area contributed by atoms with E-state index in [0.29, 0.717) is 19.4 Å². The fourth-order valence-electron chi connectivity index (χ4n) is 2.83. The van der Waals surface area contributed by atoms with E-state index in [4.69, 9.17) is 21.4 Å². The highest BCUT2D eigenvalue weighted by molar-refractivity contribution is 5.80. The van der Waals surface area contributed by atoms with E-state index >= 15 is 0 Å². The second kappa shape index (κ2) is 14.1. The minimum atomic E-state index is -5.08. The van der Waals surface area contributed by atoms with E-state index in [9.17, 15) is 28.1 Å². The van der Waals surface area contributed by atoms with Gasteiger partial charge in [-0.1, -0.05) is 60.7 Å². The Hall–Kier alpha value is -4.20. The molecule has 2 rings (SSSR count). The molecule has 0 aliphatic heterocycles. The molecule has 1 atom stereocenters. The number of aliphatic carboxylic acids is 1. The van der Waals surface area contributed by atoms with Crippen molar-refractivity contribution in [3.05, 3.63) is 81.9 Å². The molecule has 0 saturated carbocycles. The summed E-state index contributed by atoms with van der Waals surface area (Å²) in [5, 5.41) is 25.4. The lowest BCUT2D eigenvalue weighted by Gasteiger charge is -2.25. The van der Waals surface area contributed by atoms with E-state index in [1.807, 2.05) is 60.7 Å². The van der Waals surface area contributed by atoms with Crippen LogP contribution in [0.15, 0.2) is 65.8 Å². The number of halogens is 3. The molecule has 14 heteroatoms. The number of carboxylic acid groups (broad SMARTS) is 1. The number of amides is 1. The smallest absolute Gasteiger partial charge is 0.475 e. The number of carboxylic acids is 1. The van der Waals surface area contributed by atoms with Gasteiger partial charge in [0, 0.05) is 6.54 Å². The summed E-state index contributed by atoms with van der Waals surface area (Å²) < 4.78 is 31.7. The van der Waals surface area contributed by atoms with Crippen LogP contribution < -0.4 is 22.1 Å². The zero-order valence-corrected chi connectivity index (χ0v) is 18.3. The van der Waals surface area contributed by atoms with Gasteiger partial charge in [-0.25, -0.2) is 14.9 Å². The van der Waals surface area contributed by atoms with Crippen molar-refractivity contribution in [3.63, 3.8) is 0 Å². The summed E-state index contributed by atoms with van der Waals surface area (Å²) in [5.74, 6) is -3.50. The lowest BCUT2D eigenvalue weighted by atomic mass is 9.97. The molecule has 11 nitrogen and oxygen atoms in total. The molecular weight excluding hydrogens is 473 g/mol. The normalized spacial score (nSPS) is 12.3. The van der Waals surface area contributed by atoms with Crippen molar-refractivity contribution >= 4 is 17.8 Å². The molecule has 0 saturated heterocycles. The van der Waals surface area contributed by atoms with Gasteiger partial charge in [-0.2, -0.15) is 13.2 Å². The Morgan fingerprint density at radius 2 is 1.49 bits per heavy atom. The third kappa shape index (κ3) is 11.5. The van der Waals surface area contributed by atoms with Crippen molar-refractivity contribution in [2.24, 2.45) is 16.6 Å². The molecule has 0 aliphatic carbocycles. The Morgan fingerprint density at radius 3 is 1.86 bits per heavy atom. The lowest BCUT2D eigenvalue weighted by molar-refractivity contribution is -0.485. The highest BCUT2D eigenvalue weighted by Crippen LogP contribution is 2.23. The van der Waals surface area contributed by atoms with Crippen molar-refractivity contribution in [1.82, 2.24) is 10.6 Å². The average molecular weight is 498 g/mol. The fraction of sp³-hybridized carbons (Fsp3) is 0.286. The molecule has 0 fully saturated rings. The first-order chi connectivity index (χ1) is 16.4. The second-order valence-corrected chi connectivity index (χ2v) is 6.97. The highest BCUT2D eigenvalue weighted by atomic mass is 19.4. The van der Waals surface area contributed by atoms with Gasteiger partial charge >= 0.3 is 12.1 Å². The summed E-state index contributed by atoms with van der Waals surface area (Å²) in [4.78, 5) is 31.1. The van der Waals surface area contributed by atoms with Crippen LogP contribution in [0, 0.1) is 10.1 Å². The second-order valence-electron chi connectivity index (χ2n) is 6.97. The van der Waals surface area contributed by atoms with Crippen LogP contribution in [0.5, 0.6) is 0 Å². The van der Waals surface area contributed by atoms with E-state index in [2.05, 4.69) is 15.7 Å². The average Bonchev–Trinajstić information content (AvgIpc) is 2.79. The number of nitrogens with one attached hydrogen (secondary N) is 2. The Balaban J connectivity index is 0.000000762. The zero-order chi connectivity index (χ0) is 26.4. The number of alkyl halides is 3. The predicted octanol–water partition coefficient (Wildman–Crippen LogP) is 1.73. The maximum atomic E-state index is 12.0. The van der Waals surface area contributed by atoms with Crippen molar-refractivity contribution in [1.29, 1.82) is 0 Å². The summed E-state index contributed by atoms with van der Waals surface area (Å²) in [6.07, 6.45) is -4.13. The monoisotopic (exact) mass is 498 g/mol. The number of carbonyl (C=O) groups is 2.